The van der Waals surface area contributed by atoms with Crippen molar-refractivity contribution in [1.82, 2.24) is 9.55 Å². The number of aliphatic hydroxyl groups excluding tert-OH is 5. The fraction of sp³-hybridized carbons (Fsp3) is 0.714. The topological polar surface area (TPSA) is 190 Å². The highest BCUT2D eigenvalue weighted by atomic mass is 16.7. The summed E-state index contributed by atoms with van der Waals surface area (Å²) >= 11 is 0. The van der Waals surface area contributed by atoms with E-state index in [0.717, 1.165) is 4.57 Å². The number of nitrogen functional groups attached to an aromatic ring is 1. The Morgan fingerprint density at radius 2 is 1.81 bits per heavy atom. The Morgan fingerprint density at radius 3 is 2.42 bits per heavy atom. The molecule has 1 aromatic heterocycles. The van der Waals surface area contributed by atoms with E-state index >= 15 is 0 Å². The molecule has 0 radical (unpaired) electrons. The molecule has 0 aliphatic carbocycles. The van der Waals surface area contributed by atoms with Crippen LogP contribution in [-0.4, -0.2) is 91.2 Å². The predicted octanol–water partition coefficient (Wildman–Crippen LogP) is -4.10. The van der Waals surface area contributed by atoms with Crippen molar-refractivity contribution in [3.8, 4) is 0 Å². The van der Waals surface area contributed by atoms with E-state index in [2.05, 4.69) is 4.98 Å². The van der Waals surface area contributed by atoms with E-state index in [1.54, 1.807) is 0 Å². The van der Waals surface area contributed by atoms with Gasteiger partial charge in [0.25, 0.3) is 0 Å². The highest BCUT2D eigenvalue weighted by Crippen LogP contribution is 2.30. The molecule has 3 heterocycles. The molecule has 2 aliphatic rings. The van der Waals surface area contributed by atoms with Gasteiger partial charge < -0.3 is 45.5 Å². The number of aliphatic hydroxyl groups is 5. The molecule has 3 rings (SSSR count). The molecule has 0 aromatic carbocycles. The zero-order chi connectivity index (χ0) is 19.0. The molecular weight excluding hydrogens is 354 g/mol. The van der Waals surface area contributed by atoms with Crippen LogP contribution in [0.15, 0.2) is 17.1 Å². The number of hydrogen-bond donors (Lipinski definition) is 6. The minimum Gasteiger partial charge on any atom is -0.394 e. The Kier molecular flexibility index (Phi) is 5.55. The van der Waals surface area contributed by atoms with Crippen molar-refractivity contribution >= 4 is 5.82 Å². The standard InChI is InChI=1S/C14H21N3O9/c15-7-1-2-17(14(23)16-7)12-10(21)9(20)6(25-12)4-24-13-11(22)8(19)5(3-18)26-13/h1-2,5-6,8-13,18-22H,3-4H2,(H2,15,16,23)/t5-,6-,8-,9-,10-,11-,12-,13-/m1/s1. The summed E-state index contributed by atoms with van der Waals surface area (Å²) in [6.45, 7) is -0.813. The van der Waals surface area contributed by atoms with Gasteiger partial charge in [0.1, 0.15) is 42.4 Å². The van der Waals surface area contributed by atoms with Crippen LogP contribution < -0.4 is 11.4 Å². The van der Waals surface area contributed by atoms with Crippen LogP contribution in [0.2, 0.25) is 0 Å². The van der Waals surface area contributed by atoms with E-state index in [1.165, 1.54) is 12.3 Å². The van der Waals surface area contributed by atoms with E-state index in [9.17, 15) is 25.2 Å². The van der Waals surface area contributed by atoms with Gasteiger partial charge in [0.05, 0.1) is 13.2 Å². The van der Waals surface area contributed by atoms with Gasteiger partial charge in [-0.2, -0.15) is 4.98 Å². The molecule has 0 bridgehead atoms. The second-order valence-corrected chi connectivity index (χ2v) is 6.13. The van der Waals surface area contributed by atoms with E-state index < -0.39 is 61.4 Å². The summed E-state index contributed by atoms with van der Waals surface area (Å²) in [5.41, 5.74) is 4.65. The maximum Gasteiger partial charge on any atom is 0.351 e. The molecule has 2 aliphatic heterocycles. The van der Waals surface area contributed by atoms with Gasteiger partial charge in [-0.3, -0.25) is 4.57 Å². The smallest absolute Gasteiger partial charge is 0.351 e. The van der Waals surface area contributed by atoms with Crippen LogP contribution in [-0.2, 0) is 14.2 Å². The molecule has 1 aromatic rings. The highest BCUT2D eigenvalue weighted by Gasteiger charge is 2.47. The van der Waals surface area contributed by atoms with Gasteiger partial charge in [0.15, 0.2) is 12.5 Å². The summed E-state index contributed by atoms with van der Waals surface area (Å²) in [5, 5.41) is 48.8. The molecule has 0 unspecified atom stereocenters. The maximum absolute atomic E-state index is 11.9. The summed E-state index contributed by atoms with van der Waals surface area (Å²) in [7, 11) is 0. The van der Waals surface area contributed by atoms with Crippen LogP contribution in [0.4, 0.5) is 5.82 Å². The lowest BCUT2D eigenvalue weighted by molar-refractivity contribution is -0.190. The van der Waals surface area contributed by atoms with Gasteiger partial charge in [-0.15, -0.1) is 0 Å². The third-order valence-corrected chi connectivity index (χ3v) is 4.39. The molecule has 26 heavy (non-hydrogen) atoms. The first-order valence-electron chi connectivity index (χ1n) is 7.93. The van der Waals surface area contributed by atoms with Gasteiger partial charge in [0, 0.05) is 6.20 Å². The number of nitrogens with zero attached hydrogens (tertiary/aromatic N) is 2. The van der Waals surface area contributed by atoms with E-state index in [1.807, 2.05) is 0 Å². The first-order chi connectivity index (χ1) is 12.3. The SMILES string of the molecule is Nc1ccn([C@@H]2O[C@H](CO[C@@H]3O[C@H](CO)[C@@H](O)[C@H]3O)[C@@H](O)[C@H]2O)c(=O)n1. The van der Waals surface area contributed by atoms with Crippen LogP contribution in [0.25, 0.3) is 0 Å². The largest absolute Gasteiger partial charge is 0.394 e. The third kappa shape index (κ3) is 3.45. The second-order valence-electron chi connectivity index (χ2n) is 6.13. The van der Waals surface area contributed by atoms with Crippen molar-refractivity contribution in [1.29, 1.82) is 0 Å². The normalized spacial score (nSPS) is 40.2. The Labute approximate surface area is 147 Å². The third-order valence-electron chi connectivity index (χ3n) is 4.39. The van der Waals surface area contributed by atoms with E-state index in [-0.39, 0.29) is 12.4 Å². The van der Waals surface area contributed by atoms with E-state index in [0.29, 0.717) is 0 Å². The lowest BCUT2D eigenvalue weighted by atomic mass is 10.1. The molecule has 146 valence electrons. The van der Waals surface area contributed by atoms with E-state index in [4.69, 9.17) is 25.1 Å². The summed E-state index contributed by atoms with van der Waals surface area (Å²) in [5.74, 6) is 0.00327. The number of ether oxygens (including phenoxy) is 3. The highest BCUT2D eigenvalue weighted by molar-refractivity contribution is 5.23. The van der Waals surface area contributed by atoms with Crippen molar-refractivity contribution in [2.75, 3.05) is 18.9 Å². The van der Waals surface area contributed by atoms with Crippen molar-refractivity contribution in [2.45, 2.75) is 49.1 Å². The van der Waals surface area contributed by atoms with Crippen LogP contribution in [0.3, 0.4) is 0 Å². The number of nitrogens with two attached hydrogens (primary N) is 1. The summed E-state index contributed by atoms with van der Waals surface area (Å²) < 4.78 is 16.9. The lowest BCUT2D eigenvalue weighted by Gasteiger charge is -2.20. The van der Waals surface area contributed by atoms with Crippen molar-refractivity contribution < 1.29 is 39.7 Å². The van der Waals surface area contributed by atoms with Crippen LogP contribution in [0, 0.1) is 0 Å². The lowest BCUT2D eigenvalue weighted by Crippen LogP contribution is -2.38. The minimum atomic E-state index is -1.43. The molecule has 2 fully saturated rings. The Balaban J connectivity index is 1.64. The Bertz CT molecular complexity index is 686. The molecular formula is C14H21N3O9. The zero-order valence-corrected chi connectivity index (χ0v) is 13.5. The fourth-order valence-electron chi connectivity index (χ4n) is 2.91. The van der Waals surface area contributed by atoms with Crippen LogP contribution in [0.1, 0.15) is 6.23 Å². The van der Waals surface area contributed by atoms with Gasteiger partial charge in [-0.25, -0.2) is 4.79 Å². The summed E-state index contributed by atoms with van der Waals surface area (Å²) in [6.07, 6.45) is -8.74. The van der Waals surface area contributed by atoms with Crippen LogP contribution >= 0.6 is 0 Å². The number of hydrogen-bond acceptors (Lipinski definition) is 11. The first-order valence-corrected chi connectivity index (χ1v) is 7.93. The fourth-order valence-corrected chi connectivity index (χ4v) is 2.91. The monoisotopic (exact) mass is 375 g/mol. The second kappa shape index (κ2) is 7.54. The molecule has 12 nitrogen and oxygen atoms in total. The average Bonchev–Trinajstić information content (AvgIpc) is 3.04. The molecule has 0 amide bonds. The Morgan fingerprint density at radius 1 is 1.12 bits per heavy atom. The molecule has 7 N–H and O–H groups in total. The maximum atomic E-state index is 11.9. The van der Waals surface area contributed by atoms with Crippen molar-refractivity contribution in [3.63, 3.8) is 0 Å². The van der Waals surface area contributed by atoms with Crippen molar-refractivity contribution in [3.05, 3.63) is 22.7 Å². The summed E-state index contributed by atoms with van der Waals surface area (Å²) in [6, 6.07) is 1.34. The Hall–Kier alpha value is -1.64. The molecule has 12 heteroatoms. The quantitative estimate of drug-likeness (QED) is 0.293. The first kappa shape index (κ1) is 19.1. The van der Waals surface area contributed by atoms with Gasteiger partial charge in [0.2, 0.25) is 0 Å². The van der Waals surface area contributed by atoms with Gasteiger partial charge >= 0.3 is 5.69 Å². The molecule has 0 spiro atoms. The van der Waals surface area contributed by atoms with Crippen LogP contribution in [0.5, 0.6) is 0 Å². The number of aromatic nitrogens is 2. The van der Waals surface area contributed by atoms with Gasteiger partial charge in [-0.1, -0.05) is 0 Å². The number of rotatable bonds is 5. The molecule has 0 saturated carbocycles. The zero-order valence-electron chi connectivity index (χ0n) is 13.5. The average molecular weight is 375 g/mol. The van der Waals surface area contributed by atoms with Crippen molar-refractivity contribution in [2.24, 2.45) is 0 Å². The predicted molar refractivity (Wildman–Crippen MR) is 82.5 cm³/mol. The molecule has 8 atom stereocenters. The van der Waals surface area contributed by atoms with Gasteiger partial charge in [-0.05, 0) is 6.07 Å². The molecule has 2 saturated heterocycles. The summed E-state index contributed by atoms with van der Waals surface area (Å²) in [4.78, 5) is 15.4. The minimum absolute atomic E-state index is 0.00327. The number of anilines is 1.